The van der Waals surface area contributed by atoms with Crippen LogP contribution in [0.3, 0.4) is 0 Å². The van der Waals surface area contributed by atoms with E-state index in [-0.39, 0.29) is 5.69 Å². The predicted molar refractivity (Wildman–Crippen MR) is 63.3 cm³/mol. The average Bonchev–Trinajstić information content (AvgIpc) is 2.82. The van der Waals surface area contributed by atoms with E-state index < -0.39 is 4.92 Å². The second-order valence-electron chi connectivity index (χ2n) is 2.93. The highest BCUT2D eigenvalue weighted by Gasteiger charge is 2.04. The molecule has 0 saturated carbocycles. The summed E-state index contributed by atoms with van der Waals surface area (Å²) in [5.41, 5.74) is 3.10. The molecule has 17 heavy (non-hydrogen) atoms. The largest absolute Gasteiger partial charge is 0.271 e. The van der Waals surface area contributed by atoms with E-state index in [2.05, 4.69) is 20.7 Å². The molecule has 0 bridgehead atoms. The number of nitrogens with zero attached hydrogens (tertiary/aromatic N) is 4. The summed E-state index contributed by atoms with van der Waals surface area (Å²) in [4.78, 5) is 14.0. The van der Waals surface area contributed by atoms with Crippen LogP contribution in [-0.4, -0.2) is 9.91 Å². The van der Waals surface area contributed by atoms with E-state index in [9.17, 15) is 10.1 Å². The number of non-ortho nitro benzene ring substituents is 1. The third kappa shape index (κ3) is 3.05. The number of nitro groups is 1. The summed E-state index contributed by atoms with van der Waals surface area (Å²) in [5.74, 6) is 0. The number of hydrogen-bond donors (Lipinski definition) is 1. The lowest BCUT2D eigenvalue weighted by Crippen LogP contribution is -1.90. The van der Waals surface area contributed by atoms with E-state index in [1.54, 1.807) is 23.7 Å². The Morgan fingerprint density at radius 2 is 2.35 bits per heavy atom. The quantitative estimate of drug-likeness (QED) is 0.511. The lowest BCUT2D eigenvalue weighted by molar-refractivity contribution is -0.384. The van der Waals surface area contributed by atoms with Crippen LogP contribution in [0.5, 0.6) is 0 Å². The van der Waals surface area contributed by atoms with Gasteiger partial charge in [0, 0.05) is 23.7 Å². The molecule has 0 unspecified atom stereocenters. The third-order valence-electron chi connectivity index (χ3n) is 1.79. The molecule has 8 heteroatoms. The first-order valence-corrected chi connectivity index (χ1v) is 5.44. The van der Waals surface area contributed by atoms with Gasteiger partial charge in [-0.3, -0.25) is 15.5 Å². The summed E-state index contributed by atoms with van der Waals surface area (Å²) in [7, 11) is 0. The van der Waals surface area contributed by atoms with Gasteiger partial charge in [-0.25, -0.2) is 4.98 Å². The molecule has 1 heterocycles. The van der Waals surface area contributed by atoms with Gasteiger partial charge in [-0.2, -0.15) is 0 Å². The van der Waals surface area contributed by atoms with Crippen molar-refractivity contribution in [3.63, 3.8) is 0 Å². The minimum Gasteiger partial charge on any atom is -0.259 e. The van der Waals surface area contributed by atoms with Crippen molar-refractivity contribution in [2.75, 3.05) is 5.43 Å². The van der Waals surface area contributed by atoms with Gasteiger partial charge in [-0.1, -0.05) is 11.3 Å². The van der Waals surface area contributed by atoms with Gasteiger partial charge in [-0.05, 0) is 6.07 Å². The zero-order valence-electron chi connectivity index (χ0n) is 8.48. The van der Waals surface area contributed by atoms with E-state index in [1.807, 2.05) is 0 Å². The molecule has 0 aliphatic rings. The van der Waals surface area contributed by atoms with Crippen LogP contribution < -0.4 is 5.43 Å². The number of nitro benzene ring substituents is 1. The smallest absolute Gasteiger partial charge is 0.259 e. The summed E-state index contributed by atoms with van der Waals surface area (Å²) in [6, 6.07) is 6.01. The van der Waals surface area contributed by atoms with Crippen molar-refractivity contribution in [3.05, 3.63) is 46.0 Å². The number of rotatable bonds is 4. The first kappa shape index (κ1) is 11.1. The second-order valence-corrected chi connectivity index (χ2v) is 3.81. The van der Waals surface area contributed by atoms with E-state index in [1.165, 1.54) is 23.5 Å². The van der Waals surface area contributed by atoms with Gasteiger partial charge >= 0.3 is 0 Å². The van der Waals surface area contributed by atoms with Gasteiger partial charge in [-0.15, -0.1) is 16.5 Å². The van der Waals surface area contributed by atoms with Crippen LogP contribution in [-0.2, 0) is 0 Å². The maximum atomic E-state index is 10.5. The molecule has 0 spiro atoms. The zero-order valence-corrected chi connectivity index (χ0v) is 9.29. The molecule has 0 aliphatic carbocycles. The molecule has 2 rings (SSSR count). The van der Waals surface area contributed by atoms with E-state index in [0.717, 1.165) is 0 Å². The Morgan fingerprint density at radius 3 is 3.06 bits per heavy atom. The number of anilines is 1. The summed E-state index contributed by atoms with van der Waals surface area (Å²) in [5, 5.41) is 20.3. The zero-order chi connectivity index (χ0) is 12.1. The van der Waals surface area contributed by atoms with Gasteiger partial charge in [0.05, 0.1) is 10.6 Å². The van der Waals surface area contributed by atoms with Crippen LogP contribution in [0.2, 0.25) is 0 Å². The van der Waals surface area contributed by atoms with E-state index >= 15 is 0 Å². The molecule has 0 fully saturated rings. The maximum Gasteiger partial charge on any atom is 0.271 e. The predicted octanol–water partition coefficient (Wildman–Crippen LogP) is 3.16. The minimum absolute atomic E-state index is 0.000511. The summed E-state index contributed by atoms with van der Waals surface area (Å²) in [6.45, 7) is 0. The maximum absolute atomic E-state index is 10.5. The number of nitrogens with one attached hydrogen (secondary N) is 1. The molecular weight excluding hydrogens is 242 g/mol. The first-order chi connectivity index (χ1) is 8.25. The first-order valence-electron chi connectivity index (χ1n) is 4.56. The fourth-order valence-corrected chi connectivity index (χ4v) is 1.53. The van der Waals surface area contributed by atoms with Gasteiger partial charge in [0.25, 0.3) is 5.69 Å². The van der Waals surface area contributed by atoms with Crippen LogP contribution >= 0.6 is 11.3 Å². The molecule has 1 N–H and O–H groups in total. The van der Waals surface area contributed by atoms with Crippen LogP contribution in [0.15, 0.2) is 46.2 Å². The molecule has 1 aromatic heterocycles. The van der Waals surface area contributed by atoms with E-state index in [4.69, 9.17) is 0 Å². The molecular formula is C9H7N5O2S. The molecule has 0 saturated heterocycles. The fourth-order valence-electron chi connectivity index (χ4n) is 1.08. The highest BCUT2D eigenvalue weighted by Crippen LogP contribution is 2.18. The Morgan fingerprint density at radius 1 is 1.47 bits per heavy atom. The lowest BCUT2D eigenvalue weighted by Gasteiger charge is -1.97. The number of benzene rings is 1. The Labute approximate surface area is 100.0 Å². The molecule has 1 aromatic carbocycles. The van der Waals surface area contributed by atoms with E-state index in [0.29, 0.717) is 10.8 Å². The number of aromatic nitrogens is 1. The Kier molecular flexibility index (Phi) is 3.36. The minimum atomic E-state index is -0.469. The molecule has 0 radical (unpaired) electrons. The van der Waals surface area contributed by atoms with Gasteiger partial charge in [0.1, 0.15) is 0 Å². The highest BCUT2D eigenvalue weighted by molar-refractivity contribution is 7.13. The van der Waals surface area contributed by atoms with Gasteiger partial charge in [0.15, 0.2) is 0 Å². The van der Waals surface area contributed by atoms with Crippen LogP contribution in [0, 0.1) is 10.1 Å². The summed E-state index contributed by atoms with van der Waals surface area (Å²) >= 11 is 1.35. The van der Waals surface area contributed by atoms with Crippen molar-refractivity contribution >= 4 is 27.8 Å². The van der Waals surface area contributed by atoms with Gasteiger partial charge < -0.3 is 0 Å². The topological polar surface area (TPSA) is 92.8 Å². The van der Waals surface area contributed by atoms with Crippen LogP contribution in [0.1, 0.15) is 0 Å². The SMILES string of the molecule is O=[N+]([O-])c1cccc(N/N=N/c2nccs2)c1. The fraction of sp³-hybridized carbons (Fsp3) is 0. The monoisotopic (exact) mass is 249 g/mol. The number of hydrogen-bond acceptors (Lipinski definition) is 6. The Bertz CT molecular complexity index is 540. The molecule has 7 nitrogen and oxygen atoms in total. The molecule has 2 aromatic rings. The van der Waals surface area contributed by atoms with Crippen LogP contribution in [0.25, 0.3) is 0 Å². The summed E-state index contributed by atoms with van der Waals surface area (Å²) < 4.78 is 0. The molecule has 0 atom stereocenters. The third-order valence-corrected chi connectivity index (χ3v) is 2.45. The average molecular weight is 249 g/mol. The molecule has 0 amide bonds. The van der Waals surface area contributed by atoms with Crippen molar-refractivity contribution in [3.8, 4) is 0 Å². The standard InChI is InChI=1S/C9H7N5O2S/c15-14(16)8-3-1-2-7(6-8)11-13-12-9-10-4-5-17-9/h1-6H,(H,10,11,12). The molecule has 0 aliphatic heterocycles. The van der Waals surface area contributed by atoms with Crippen molar-refractivity contribution < 1.29 is 4.92 Å². The Hall–Kier alpha value is -2.35. The number of thiazole rings is 1. The van der Waals surface area contributed by atoms with Crippen LogP contribution in [0.4, 0.5) is 16.5 Å². The van der Waals surface area contributed by atoms with Crippen molar-refractivity contribution in [2.45, 2.75) is 0 Å². The highest BCUT2D eigenvalue weighted by atomic mass is 32.1. The second kappa shape index (κ2) is 5.12. The van der Waals surface area contributed by atoms with Crippen molar-refractivity contribution in [2.24, 2.45) is 10.3 Å². The van der Waals surface area contributed by atoms with Crippen molar-refractivity contribution in [1.82, 2.24) is 4.98 Å². The summed E-state index contributed by atoms with van der Waals surface area (Å²) in [6.07, 6.45) is 1.62. The lowest BCUT2D eigenvalue weighted by atomic mass is 10.3. The molecule has 86 valence electrons. The normalized spacial score (nSPS) is 10.6. The van der Waals surface area contributed by atoms with Crippen molar-refractivity contribution in [1.29, 1.82) is 0 Å². The Balaban J connectivity index is 2.04. The van der Waals surface area contributed by atoms with Gasteiger partial charge in [0.2, 0.25) is 5.13 Å².